The Labute approximate surface area is 153 Å². The molecule has 1 aromatic heterocycles. The maximum atomic E-state index is 12.7. The lowest BCUT2D eigenvalue weighted by molar-refractivity contribution is -0.113. The largest absolute Gasteiger partial charge is 0.508 e. The van der Waals surface area contributed by atoms with Crippen LogP contribution in [0.2, 0.25) is 0 Å². The van der Waals surface area contributed by atoms with E-state index < -0.39 is 0 Å². The molecule has 0 unspecified atom stereocenters. The van der Waals surface area contributed by atoms with Crippen LogP contribution in [0, 0.1) is 0 Å². The average molecular weight is 364 g/mol. The molecule has 0 atom stereocenters. The second-order valence-electron chi connectivity index (χ2n) is 5.46. The Hall–Kier alpha value is -2.70. The highest BCUT2D eigenvalue weighted by atomic mass is 32.2. The van der Waals surface area contributed by atoms with Gasteiger partial charge in [0.15, 0.2) is 4.32 Å². The Morgan fingerprint density at radius 1 is 1.04 bits per heavy atom. The van der Waals surface area contributed by atoms with E-state index in [1.165, 1.54) is 28.8 Å². The van der Waals surface area contributed by atoms with Crippen LogP contribution < -0.4 is 4.90 Å². The van der Waals surface area contributed by atoms with Gasteiger partial charge in [-0.15, -0.1) is 0 Å². The Morgan fingerprint density at radius 3 is 2.60 bits per heavy atom. The molecule has 6 heteroatoms. The van der Waals surface area contributed by atoms with Crippen LogP contribution >= 0.6 is 24.0 Å². The Kier molecular flexibility index (Phi) is 3.99. The summed E-state index contributed by atoms with van der Waals surface area (Å²) in [5, 5.41) is 10.5. The fraction of sp³-hybridized carbons (Fsp3) is 0. The molecule has 2 heterocycles. The third-order valence-electron chi connectivity index (χ3n) is 3.80. The van der Waals surface area contributed by atoms with E-state index in [0.717, 1.165) is 10.9 Å². The molecule has 1 aliphatic heterocycles. The fourth-order valence-corrected chi connectivity index (χ4v) is 3.87. The van der Waals surface area contributed by atoms with Crippen LogP contribution in [0.3, 0.4) is 0 Å². The molecule has 0 radical (unpaired) electrons. The van der Waals surface area contributed by atoms with E-state index in [1.54, 1.807) is 18.2 Å². The number of hydrogen-bond acceptors (Lipinski definition) is 5. The predicted octanol–water partition coefficient (Wildman–Crippen LogP) is 4.35. The van der Waals surface area contributed by atoms with E-state index in [0.29, 0.717) is 20.6 Å². The van der Waals surface area contributed by atoms with Crippen molar-refractivity contribution in [2.45, 2.75) is 0 Å². The highest BCUT2D eigenvalue weighted by Gasteiger charge is 2.33. The summed E-state index contributed by atoms with van der Waals surface area (Å²) in [6.07, 6.45) is 1.76. The number of hydrogen-bond donors (Lipinski definition) is 1. The van der Waals surface area contributed by atoms with Crippen molar-refractivity contribution >= 4 is 56.9 Å². The van der Waals surface area contributed by atoms with Gasteiger partial charge in [-0.3, -0.25) is 9.69 Å². The van der Waals surface area contributed by atoms with Crippen LogP contribution in [0.25, 0.3) is 17.0 Å². The Morgan fingerprint density at radius 2 is 1.80 bits per heavy atom. The number of pyridine rings is 1. The summed E-state index contributed by atoms with van der Waals surface area (Å²) in [5.74, 6) is -0.0410. The van der Waals surface area contributed by atoms with Crippen LogP contribution in [0.15, 0.2) is 65.6 Å². The fourth-order valence-electron chi connectivity index (χ4n) is 2.59. The number of anilines is 1. The van der Waals surface area contributed by atoms with Crippen molar-refractivity contribution < 1.29 is 9.90 Å². The molecule has 1 fully saturated rings. The lowest BCUT2D eigenvalue weighted by Gasteiger charge is -2.14. The highest BCUT2D eigenvalue weighted by Crippen LogP contribution is 2.36. The van der Waals surface area contributed by atoms with Gasteiger partial charge in [0.05, 0.1) is 21.8 Å². The summed E-state index contributed by atoms with van der Waals surface area (Å²) >= 11 is 6.59. The number of benzene rings is 2. The summed E-state index contributed by atoms with van der Waals surface area (Å²) in [4.78, 5) is 19.3. The van der Waals surface area contributed by atoms with E-state index in [4.69, 9.17) is 12.2 Å². The number of thioether (sulfide) groups is 1. The van der Waals surface area contributed by atoms with Gasteiger partial charge in [-0.05, 0) is 42.5 Å². The minimum Gasteiger partial charge on any atom is -0.508 e. The monoisotopic (exact) mass is 364 g/mol. The first-order valence-corrected chi connectivity index (χ1v) is 8.77. The van der Waals surface area contributed by atoms with Gasteiger partial charge in [-0.1, -0.05) is 48.2 Å². The molecule has 0 bridgehead atoms. The number of phenols is 1. The van der Waals surface area contributed by atoms with E-state index in [-0.39, 0.29) is 11.7 Å². The molecular weight excluding hydrogens is 352 g/mol. The molecule has 1 N–H and O–H groups in total. The highest BCUT2D eigenvalue weighted by molar-refractivity contribution is 8.27. The minimum absolute atomic E-state index is 0.144. The van der Waals surface area contributed by atoms with E-state index in [9.17, 15) is 9.90 Å². The molecule has 0 saturated carbocycles. The van der Waals surface area contributed by atoms with Gasteiger partial charge >= 0.3 is 0 Å². The normalized spacial score (nSPS) is 16.2. The first kappa shape index (κ1) is 15.8. The lowest BCUT2D eigenvalue weighted by Crippen LogP contribution is -2.27. The van der Waals surface area contributed by atoms with Crippen molar-refractivity contribution in [3.05, 3.63) is 71.3 Å². The van der Waals surface area contributed by atoms with Crippen molar-refractivity contribution in [3.63, 3.8) is 0 Å². The van der Waals surface area contributed by atoms with Gasteiger partial charge in [0, 0.05) is 5.39 Å². The number of nitrogens with zero attached hydrogens (tertiary/aromatic N) is 2. The summed E-state index contributed by atoms with van der Waals surface area (Å²) in [7, 11) is 0. The van der Waals surface area contributed by atoms with Gasteiger partial charge in [0.25, 0.3) is 5.91 Å². The molecule has 2 aromatic carbocycles. The average Bonchev–Trinajstić information content (AvgIpc) is 2.89. The molecule has 4 nitrogen and oxygen atoms in total. The number of amides is 1. The molecule has 3 aromatic rings. The Bertz CT molecular complexity index is 1030. The maximum Gasteiger partial charge on any atom is 0.270 e. The molecule has 1 saturated heterocycles. The molecule has 25 heavy (non-hydrogen) atoms. The number of carbonyl (C=O) groups excluding carboxylic acids is 1. The first-order chi connectivity index (χ1) is 12.1. The minimum atomic E-state index is -0.185. The quantitative estimate of drug-likeness (QED) is 0.541. The zero-order chi connectivity index (χ0) is 17.4. The van der Waals surface area contributed by atoms with Crippen molar-refractivity contribution in [3.8, 4) is 5.75 Å². The van der Waals surface area contributed by atoms with E-state index in [2.05, 4.69) is 4.98 Å². The summed E-state index contributed by atoms with van der Waals surface area (Å²) < 4.78 is 0.461. The van der Waals surface area contributed by atoms with Crippen LogP contribution in [0.4, 0.5) is 5.69 Å². The molecule has 0 aliphatic carbocycles. The third-order valence-corrected chi connectivity index (χ3v) is 5.10. The van der Waals surface area contributed by atoms with Gasteiger partial charge in [-0.25, -0.2) is 4.98 Å². The van der Waals surface area contributed by atoms with Crippen molar-refractivity contribution in [1.29, 1.82) is 0 Å². The maximum absolute atomic E-state index is 12.7. The number of rotatable bonds is 2. The van der Waals surface area contributed by atoms with Crippen LogP contribution in [-0.2, 0) is 4.79 Å². The zero-order valence-electron chi connectivity index (χ0n) is 12.9. The lowest BCUT2D eigenvalue weighted by atomic mass is 10.2. The summed E-state index contributed by atoms with van der Waals surface area (Å²) in [5.41, 5.74) is 2.23. The summed E-state index contributed by atoms with van der Waals surface area (Å²) in [6, 6.07) is 18.1. The number of aromatic hydroxyl groups is 1. The van der Waals surface area contributed by atoms with Crippen LogP contribution in [0.1, 0.15) is 5.69 Å². The van der Waals surface area contributed by atoms with Crippen LogP contribution in [0.5, 0.6) is 5.75 Å². The first-order valence-electron chi connectivity index (χ1n) is 7.54. The Balaban J connectivity index is 1.68. The zero-order valence-corrected chi connectivity index (χ0v) is 14.6. The number of para-hydroxylation sites is 1. The second kappa shape index (κ2) is 6.31. The molecular formula is C19H12N2O2S2. The van der Waals surface area contributed by atoms with Crippen LogP contribution in [-0.4, -0.2) is 20.3 Å². The molecule has 1 amide bonds. The number of carbonyl (C=O) groups is 1. The topological polar surface area (TPSA) is 53.4 Å². The number of thiocarbonyl (C=S) groups is 1. The molecule has 4 rings (SSSR count). The second-order valence-corrected chi connectivity index (χ2v) is 7.14. The molecule has 1 aliphatic rings. The smallest absolute Gasteiger partial charge is 0.270 e. The van der Waals surface area contributed by atoms with Crippen molar-refractivity contribution in [1.82, 2.24) is 4.98 Å². The third kappa shape index (κ3) is 3.01. The molecule has 122 valence electrons. The van der Waals surface area contributed by atoms with Crippen molar-refractivity contribution in [2.75, 3.05) is 4.90 Å². The van der Waals surface area contributed by atoms with Gasteiger partial charge in [-0.2, -0.15) is 0 Å². The van der Waals surface area contributed by atoms with Gasteiger partial charge < -0.3 is 5.11 Å². The number of phenolic OH excluding ortho intramolecular Hbond substituents is 1. The van der Waals surface area contributed by atoms with Gasteiger partial charge in [0.2, 0.25) is 0 Å². The van der Waals surface area contributed by atoms with Gasteiger partial charge in [0.1, 0.15) is 5.75 Å². The van der Waals surface area contributed by atoms with E-state index >= 15 is 0 Å². The molecule has 0 spiro atoms. The van der Waals surface area contributed by atoms with Crippen molar-refractivity contribution in [2.24, 2.45) is 0 Å². The number of fused-ring (bicyclic) bond motifs is 1. The standard InChI is InChI=1S/C19H12N2O2S2/c22-15-9-7-14(8-10-15)21-18(23)17(25-19(21)24)11-13-6-5-12-3-1-2-4-16(12)20-13/h1-11,22H/b17-11+. The SMILES string of the molecule is O=C1/C(=C\c2ccc3ccccc3n2)SC(=S)N1c1ccc(O)cc1. The predicted molar refractivity (Wildman–Crippen MR) is 106 cm³/mol. The summed E-state index contributed by atoms with van der Waals surface area (Å²) in [6.45, 7) is 0. The van der Waals surface area contributed by atoms with E-state index in [1.807, 2.05) is 36.4 Å². The number of aromatic nitrogens is 1.